The lowest BCUT2D eigenvalue weighted by atomic mass is 10.1. The zero-order valence-corrected chi connectivity index (χ0v) is 14.8. The third kappa shape index (κ3) is 3.01. The van der Waals surface area contributed by atoms with Crippen LogP contribution >= 0.6 is 11.6 Å². The summed E-state index contributed by atoms with van der Waals surface area (Å²) in [6.45, 7) is 0. The number of halogens is 2. The van der Waals surface area contributed by atoms with Gasteiger partial charge in [-0.3, -0.25) is 19.1 Å². The van der Waals surface area contributed by atoms with E-state index >= 15 is 0 Å². The van der Waals surface area contributed by atoms with Gasteiger partial charge in [0.25, 0.3) is 5.78 Å². The van der Waals surface area contributed by atoms with Gasteiger partial charge in [-0.2, -0.15) is 5.10 Å². The first-order valence-corrected chi connectivity index (χ1v) is 8.40. The summed E-state index contributed by atoms with van der Waals surface area (Å²) in [6, 6.07) is 7.80. The summed E-state index contributed by atoms with van der Waals surface area (Å²) in [5.74, 6) is -2.27. The highest BCUT2D eigenvalue weighted by Gasteiger charge is 2.22. The zero-order valence-electron chi connectivity index (χ0n) is 14.1. The van der Waals surface area contributed by atoms with Crippen LogP contribution in [0.3, 0.4) is 0 Å². The van der Waals surface area contributed by atoms with Crippen molar-refractivity contribution in [1.29, 1.82) is 0 Å². The minimum absolute atomic E-state index is 0.00494. The molecule has 0 saturated heterocycles. The zero-order chi connectivity index (χ0) is 19.8. The van der Waals surface area contributed by atoms with Crippen LogP contribution in [0.2, 0.25) is 5.02 Å². The van der Waals surface area contributed by atoms with Gasteiger partial charge in [-0.25, -0.2) is 14.4 Å². The molecule has 1 aromatic carbocycles. The van der Waals surface area contributed by atoms with Crippen LogP contribution in [0.5, 0.6) is 5.75 Å². The number of pyridine rings is 1. The Hall–Kier alpha value is -3.59. The Balaban J connectivity index is 1.78. The number of H-pyrrole nitrogens is 1. The van der Waals surface area contributed by atoms with E-state index in [1.807, 2.05) is 0 Å². The number of nitrogens with zero attached hydrogens (tertiary/aromatic N) is 4. The van der Waals surface area contributed by atoms with Crippen LogP contribution in [-0.2, 0) is 6.42 Å². The van der Waals surface area contributed by atoms with Crippen LogP contribution in [0, 0.1) is 5.82 Å². The molecular formula is C18H11ClFN5O3. The number of aromatic hydroxyl groups is 1. The van der Waals surface area contributed by atoms with Gasteiger partial charge < -0.3 is 5.11 Å². The van der Waals surface area contributed by atoms with Crippen molar-refractivity contribution in [2.75, 3.05) is 0 Å². The highest BCUT2D eigenvalue weighted by molar-refractivity contribution is 6.30. The molecule has 3 aromatic heterocycles. The largest absolute Gasteiger partial charge is 0.501 e. The average molecular weight is 400 g/mol. The molecule has 28 heavy (non-hydrogen) atoms. The smallest absolute Gasteiger partial charge is 0.300 e. The molecule has 0 aliphatic heterocycles. The third-order valence-electron chi connectivity index (χ3n) is 4.13. The van der Waals surface area contributed by atoms with E-state index in [0.29, 0.717) is 11.1 Å². The lowest BCUT2D eigenvalue weighted by Crippen LogP contribution is -2.20. The number of hydrogen-bond acceptors (Lipinski definition) is 6. The summed E-state index contributed by atoms with van der Waals surface area (Å²) in [5, 5.41) is 16.1. The molecule has 0 atom stereocenters. The Labute approximate surface area is 161 Å². The standard InChI is InChI=1S/C18H11ClFN5O3/c19-11-3-1-2-10(13(11)20)6-9-4-5-12-23-14(15(26)17-21-8-22-24-17)16(27)18(28)25(12)7-9/h1-5,7-8,27H,6H2,(H,21,22,24). The average Bonchev–Trinajstić information content (AvgIpc) is 3.23. The van der Waals surface area contributed by atoms with Gasteiger partial charge in [0, 0.05) is 12.6 Å². The number of nitrogens with one attached hydrogen (secondary N) is 1. The maximum Gasteiger partial charge on any atom is 0.300 e. The molecule has 3 heterocycles. The quantitative estimate of drug-likeness (QED) is 0.508. The number of carbonyl (C=O) groups excluding carboxylic acids is 1. The molecule has 0 spiro atoms. The Morgan fingerprint density at radius 3 is 2.86 bits per heavy atom. The maximum atomic E-state index is 14.1. The van der Waals surface area contributed by atoms with Crippen LogP contribution in [0.15, 0.2) is 47.7 Å². The highest BCUT2D eigenvalue weighted by atomic mass is 35.5. The topological polar surface area (TPSA) is 113 Å². The molecule has 0 aliphatic rings. The number of rotatable bonds is 4. The van der Waals surface area contributed by atoms with Crippen LogP contribution in [0.1, 0.15) is 27.4 Å². The van der Waals surface area contributed by atoms with Gasteiger partial charge in [-0.1, -0.05) is 29.8 Å². The minimum atomic E-state index is -0.832. The Bertz CT molecular complexity index is 1270. The normalized spacial score (nSPS) is 11.1. The van der Waals surface area contributed by atoms with E-state index in [0.717, 1.165) is 10.7 Å². The molecule has 0 amide bonds. The van der Waals surface area contributed by atoms with Crippen molar-refractivity contribution in [2.45, 2.75) is 6.42 Å². The number of fused-ring (bicyclic) bond motifs is 1. The Kier molecular flexibility index (Phi) is 4.36. The fraction of sp³-hybridized carbons (Fsp3) is 0.0556. The molecule has 2 N–H and O–H groups in total. The Morgan fingerprint density at radius 1 is 1.29 bits per heavy atom. The van der Waals surface area contributed by atoms with Gasteiger partial charge in [0.1, 0.15) is 17.8 Å². The van der Waals surface area contributed by atoms with E-state index in [-0.39, 0.29) is 22.9 Å². The van der Waals surface area contributed by atoms with E-state index in [1.54, 1.807) is 18.2 Å². The van der Waals surface area contributed by atoms with E-state index in [2.05, 4.69) is 20.2 Å². The van der Waals surface area contributed by atoms with Gasteiger partial charge in [0.2, 0.25) is 5.75 Å². The summed E-state index contributed by atoms with van der Waals surface area (Å²) >= 11 is 5.79. The van der Waals surface area contributed by atoms with Gasteiger partial charge in [-0.05, 0) is 23.3 Å². The first kappa shape index (κ1) is 17.8. The number of hydrogen-bond donors (Lipinski definition) is 2. The van der Waals surface area contributed by atoms with Crippen molar-refractivity contribution in [3.8, 4) is 5.75 Å². The second kappa shape index (κ2) is 6.86. The maximum absolute atomic E-state index is 14.1. The molecule has 0 unspecified atom stereocenters. The van der Waals surface area contributed by atoms with Gasteiger partial charge in [0.05, 0.1) is 5.02 Å². The lowest BCUT2D eigenvalue weighted by molar-refractivity contribution is 0.102. The predicted molar refractivity (Wildman–Crippen MR) is 97.2 cm³/mol. The summed E-state index contributed by atoms with van der Waals surface area (Å²) in [6.07, 6.45) is 2.72. The van der Waals surface area contributed by atoms with E-state index < -0.39 is 28.6 Å². The first-order chi connectivity index (χ1) is 13.5. The van der Waals surface area contributed by atoms with E-state index in [1.165, 1.54) is 18.3 Å². The van der Waals surface area contributed by atoms with Gasteiger partial charge in [-0.15, -0.1) is 0 Å². The van der Waals surface area contributed by atoms with Crippen molar-refractivity contribution in [3.63, 3.8) is 0 Å². The van der Waals surface area contributed by atoms with E-state index in [4.69, 9.17) is 11.6 Å². The minimum Gasteiger partial charge on any atom is -0.501 e. The van der Waals surface area contributed by atoms with Crippen LogP contribution < -0.4 is 5.56 Å². The molecule has 4 rings (SSSR count). The fourth-order valence-electron chi connectivity index (χ4n) is 2.77. The highest BCUT2D eigenvalue weighted by Crippen LogP contribution is 2.21. The second-order valence-electron chi connectivity index (χ2n) is 5.93. The first-order valence-electron chi connectivity index (χ1n) is 8.03. The molecule has 0 fully saturated rings. The SMILES string of the molecule is O=C(c1ncn[nH]1)c1nc2ccc(Cc3cccc(Cl)c3F)cn2c(=O)c1O. The van der Waals surface area contributed by atoms with E-state index in [9.17, 15) is 19.1 Å². The summed E-state index contributed by atoms with van der Waals surface area (Å²) < 4.78 is 15.2. The predicted octanol–water partition coefficient (Wildman–Crippen LogP) is 2.13. The number of aromatic nitrogens is 5. The number of carbonyl (C=O) groups is 1. The number of ketones is 1. The molecule has 0 aliphatic carbocycles. The van der Waals surface area contributed by atoms with Crippen LogP contribution in [0.4, 0.5) is 4.39 Å². The summed E-state index contributed by atoms with van der Waals surface area (Å²) in [5.41, 5.74) is -0.182. The van der Waals surface area contributed by atoms with Crippen LogP contribution in [-0.4, -0.2) is 35.5 Å². The van der Waals surface area contributed by atoms with Crippen molar-refractivity contribution in [3.05, 3.63) is 86.7 Å². The summed E-state index contributed by atoms with van der Waals surface area (Å²) in [4.78, 5) is 32.6. The fourth-order valence-corrected chi connectivity index (χ4v) is 2.96. The molecule has 0 saturated carbocycles. The van der Waals surface area contributed by atoms with Crippen molar-refractivity contribution < 1.29 is 14.3 Å². The molecule has 8 nitrogen and oxygen atoms in total. The molecule has 0 radical (unpaired) electrons. The van der Waals surface area contributed by atoms with Crippen molar-refractivity contribution >= 4 is 23.0 Å². The molecular weight excluding hydrogens is 389 g/mol. The van der Waals surface area contributed by atoms with Crippen LogP contribution in [0.25, 0.3) is 5.65 Å². The number of aromatic amines is 1. The molecule has 4 aromatic rings. The monoisotopic (exact) mass is 399 g/mol. The lowest BCUT2D eigenvalue weighted by Gasteiger charge is -2.09. The molecule has 10 heteroatoms. The van der Waals surface area contributed by atoms with Crippen molar-refractivity contribution in [2.24, 2.45) is 0 Å². The molecule has 0 bridgehead atoms. The Morgan fingerprint density at radius 2 is 2.11 bits per heavy atom. The van der Waals surface area contributed by atoms with Gasteiger partial charge >= 0.3 is 5.56 Å². The van der Waals surface area contributed by atoms with Crippen molar-refractivity contribution in [1.82, 2.24) is 24.6 Å². The second-order valence-corrected chi connectivity index (χ2v) is 6.34. The number of benzene rings is 1. The molecule has 140 valence electrons. The third-order valence-corrected chi connectivity index (χ3v) is 4.42. The van der Waals surface area contributed by atoms with Gasteiger partial charge in [0.15, 0.2) is 11.5 Å². The summed E-state index contributed by atoms with van der Waals surface area (Å²) in [7, 11) is 0.